The minimum absolute atomic E-state index is 0.0730. The number of nitrogens with zero attached hydrogens (tertiary/aromatic N) is 2. The van der Waals surface area contributed by atoms with Gasteiger partial charge in [0.25, 0.3) is 0 Å². The summed E-state index contributed by atoms with van der Waals surface area (Å²) in [5.74, 6) is 0. The van der Waals surface area contributed by atoms with E-state index in [1.165, 1.54) is 6.42 Å². The summed E-state index contributed by atoms with van der Waals surface area (Å²) in [5.41, 5.74) is 3.59. The number of aromatic nitrogens is 1. The van der Waals surface area contributed by atoms with E-state index in [-0.39, 0.29) is 6.03 Å². The molecule has 0 unspecified atom stereocenters. The van der Waals surface area contributed by atoms with Crippen molar-refractivity contribution in [1.29, 1.82) is 0 Å². The van der Waals surface area contributed by atoms with Gasteiger partial charge in [-0.15, -0.1) is 11.3 Å². The maximum absolute atomic E-state index is 12.2. The summed E-state index contributed by atoms with van der Waals surface area (Å²) >= 11 is 1.58. The molecule has 2 heterocycles. The summed E-state index contributed by atoms with van der Waals surface area (Å²) < 4.78 is 6.68. The number of rotatable bonds is 5. The third kappa shape index (κ3) is 3.75. The van der Waals surface area contributed by atoms with Gasteiger partial charge in [-0.3, -0.25) is 0 Å². The van der Waals surface area contributed by atoms with Crippen LogP contribution in [-0.2, 0) is 4.74 Å². The summed E-state index contributed by atoms with van der Waals surface area (Å²) in [6.07, 6.45) is 4.73. The van der Waals surface area contributed by atoms with Crippen molar-refractivity contribution in [3.8, 4) is 0 Å². The van der Waals surface area contributed by atoms with Gasteiger partial charge in [-0.25, -0.2) is 9.78 Å². The van der Waals surface area contributed by atoms with E-state index >= 15 is 0 Å². The molecule has 118 valence electrons. The number of ether oxygens (including phenoxy) is 1. The minimum atomic E-state index is -0.0730. The Kier molecular flexibility index (Phi) is 4.90. The van der Waals surface area contributed by atoms with Crippen LogP contribution in [0.5, 0.6) is 0 Å². The maximum Gasteiger partial charge on any atom is 0.321 e. The Labute approximate surface area is 134 Å². The molecule has 3 rings (SSSR count). The number of hydrogen-bond donors (Lipinski definition) is 1. The number of fused-ring (bicyclic) bond motifs is 1. The number of carbonyl (C=O) groups excluding carboxylic acids is 1. The van der Waals surface area contributed by atoms with Gasteiger partial charge < -0.3 is 15.0 Å². The van der Waals surface area contributed by atoms with Crippen LogP contribution in [0.15, 0.2) is 23.7 Å². The number of anilines is 1. The van der Waals surface area contributed by atoms with Crippen LogP contribution in [-0.4, -0.2) is 42.2 Å². The fourth-order valence-electron chi connectivity index (χ4n) is 2.68. The van der Waals surface area contributed by atoms with Crippen LogP contribution in [0.25, 0.3) is 10.2 Å². The fraction of sp³-hybridized carbons (Fsp3) is 0.500. The highest BCUT2D eigenvalue weighted by Crippen LogP contribution is 2.22. The zero-order valence-corrected chi connectivity index (χ0v) is 13.6. The molecular formula is C16H21N3O2S. The molecule has 1 aromatic heterocycles. The van der Waals surface area contributed by atoms with Crippen molar-refractivity contribution >= 4 is 33.3 Å². The molecule has 0 bridgehead atoms. The number of thiazole rings is 1. The molecular weight excluding hydrogens is 298 g/mol. The van der Waals surface area contributed by atoms with Crippen molar-refractivity contribution in [3.63, 3.8) is 0 Å². The van der Waals surface area contributed by atoms with E-state index in [9.17, 15) is 4.79 Å². The topological polar surface area (TPSA) is 54.5 Å². The average molecular weight is 319 g/mol. The second kappa shape index (κ2) is 7.07. The molecule has 0 spiro atoms. The Hall–Kier alpha value is -1.66. The fourth-order valence-corrected chi connectivity index (χ4v) is 3.40. The Morgan fingerprint density at radius 1 is 1.55 bits per heavy atom. The van der Waals surface area contributed by atoms with Gasteiger partial charge >= 0.3 is 6.03 Å². The third-order valence-corrected chi connectivity index (χ3v) is 4.76. The second-order valence-electron chi connectivity index (χ2n) is 5.66. The number of hydrogen-bond acceptors (Lipinski definition) is 4. The Balaban J connectivity index is 1.47. The molecule has 1 fully saturated rings. The van der Waals surface area contributed by atoms with Gasteiger partial charge in [0.1, 0.15) is 0 Å². The molecule has 1 atom stereocenters. The lowest BCUT2D eigenvalue weighted by molar-refractivity contribution is 0.101. The van der Waals surface area contributed by atoms with Gasteiger partial charge in [-0.1, -0.05) is 0 Å². The van der Waals surface area contributed by atoms with Crippen molar-refractivity contribution in [3.05, 3.63) is 23.7 Å². The molecule has 1 aliphatic heterocycles. The predicted octanol–water partition coefficient (Wildman–Crippen LogP) is 3.72. The standard InChI is InChI=1S/C16H21N3O2S/c1-19(8-2-4-13-5-3-9-21-13)16(20)18-12-6-7-14-15(10-12)22-11-17-14/h6-7,10-11,13H,2-5,8-9H2,1H3,(H,18,20)/t13-/m1/s1. The van der Waals surface area contributed by atoms with Crippen LogP contribution in [0, 0.1) is 0 Å². The highest BCUT2D eigenvalue weighted by molar-refractivity contribution is 7.16. The Bertz CT molecular complexity index is 637. The van der Waals surface area contributed by atoms with Crippen molar-refractivity contribution in [2.75, 3.05) is 25.5 Å². The highest BCUT2D eigenvalue weighted by atomic mass is 32.1. The first-order valence-electron chi connectivity index (χ1n) is 7.69. The van der Waals surface area contributed by atoms with E-state index in [0.29, 0.717) is 6.10 Å². The van der Waals surface area contributed by atoms with Gasteiger partial charge in [0.2, 0.25) is 0 Å². The van der Waals surface area contributed by atoms with E-state index in [4.69, 9.17) is 4.74 Å². The number of nitrogens with one attached hydrogen (secondary N) is 1. The number of urea groups is 1. The van der Waals surface area contributed by atoms with Crippen molar-refractivity contribution in [1.82, 2.24) is 9.88 Å². The normalized spacial score (nSPS) is 17.8. The van der Waals surface area contributed by atoms with E-state index in [2.05, 4.69) is 10.3 Å². The minimum Gasteiger partial charge on any atom is -0.378 e. The van der Waals surface area contributed by atoms with Gasteiger partial charge in [-0.05, 0) is 43.9 Å². The number of benzene rings is 1. The quantitative estimate of drug-likeness (QED) is 0.914. The SMILES string of the molecule is CN(CCC[C@@H]1CCCO1)C(=O)Nc1ccc2ncsc2c1. The lowest BCUT2D eigenvalue weighted by atomic mass is 10.1. The maximum atomic E-state index is 12.2. The van der Waals surface area contributed by atoms with Crippen LogP contribution in [0.4, 0.5) is 10.5 Å². The highest BCUT2D eigenvalue weighted by Gasteiger charge is 2.16. The first-order valence-corrected chi connectivity index (χ1v) is 8.57. The second-order valence-corrected chi connectivity index (χ2v) is 6.55. The molecule has 1 N–H and O–H groups in total. The van der Waals surface area contributed by atoms with E-state index in [1.807, 2.05) is 30.8 Å². The van der Waals surface area contributed by atoms with Crippen LogP contribution < -0.4 is 5.32 Å². The van der Waals surface area contributed by atoms with E-state index in [0.717, 1.165) is 48.3 Å². The van der Waals surface area contributed by atoms with Gasteiger partial charge in [0.05, 0.1) is 21.8 Å². The summed E-state index contributed by atoms with van der Waals surface area (Å²) in [7, 11) is 1.83. The largest absolute Gasteiger partial charge is 0.378 e. The van der Waals surface area contributed by atoms with Crippen LogP contribution >= 0.6 is 11.3 Å². The van der Waals surface area contributed by atoms with Crippen molar-refractivity contribution in [2.24, 2.45) is 0 Å². The molecule has 5 nitrogen and oxygen atoms in total. The summed E-state index contributed by atoms with van der Waals surface area (Å²) in [5, 5.41) is 2.94. The molecule has 22 heavy (non-hydrogen) atoms. The molecule has 1 aromatic carbocycles. The summed E-state index contributed by atoms with van der Waals surface area (Å²) in [4.78, 5) is 18.1. The molecule has 0 radical (unpaired) electrons. The van der Waals surface area contributed by atoms with Gasteiger partial charge in [0.15, 0.2) is 0 Å². The molecule has 0 saturated carbocycles. The molecule has 1 aliphatic rings. The van der Waals surface area contributed by atoms with Crippen LogP contribution in [0.1, 0.15) is 25.7 Å². The molecule has 0 aliphatic carbocycles. The lowest BCUT2D eigenvalue weighted by Crippen LogP contribution is -2.32. The molecule has 6 heteroatoms. The van der Waals surface area contributed by atoms with Gasteiger partial charge in [0, 0.05) is 25.9 Å². The zero-order chi connectivity index (χ0) is 15.4. The molecule has 1 saturated heterocycles. The van der Waals surface area contributed by atoms with E-state index in [1.54, 1.807) is 16.2 Å². The predicted molar refractivity (Wildman–Crippen MR) is 89.5 cm³/mol. The monoisotopic (exact) mass is 319 g/mol. The van der Waals surface area contributed by atoms with Crippen molar-refractivity contribution < 1.29 is 9.53 Å². The molecule has 2 amide bonds. The zero-order valence-electron chi connectivity index (χ0n) is 12.7. The Morgan fingerprint density at radius 2 is 2.45 bits per heavy atom. The average Bonchev–Trinajstić information content (AvgIpc) is 3.17. The number of carbonyl (C=O) groups is 1. The summed E-state index contributed by atoms with van der Waals surface area (Å²) in [6, 6.07) is 5.71. The summed E-state index contributed by atoms with van der Waals surface area (Å²) in [6.45, 7) is 1.63. The van der Waals surface area contributed by atoms with E-state index < -0.39 is 0 Å². The number of amides is 2. The Morgan fingerprint density at radius 3 is 3.27 bits per heavy atom. The smallest absolute Gasteiger partial charge is 0.321 e. The van der Waals surface area contributed by atoms with Crippen molar-refractivity contribution in [2.45, 2.75) is 31.8 Å². The first kappa shape index (κ1) is 15.2. The lowest BCUT2D eigenvalue weighted by Gasteiger charge is -2.19. The molecule has 2 aromatic rings. The van der Waals surface area contributed by atoms with Crippen LogP contribution in [0.2, 0.25) is 0 Å². The van der Waals surface area contributed by atoms with Gasteiger partial charge in [-0.2, -0.15) is 0 Å². The third-order valence-electron chi connectivity index (χ3n) is 3.97. The first-order chi connectivity index (χ1) is 10.7. The van der Waals surface area contributed by atoms with Crippen LogP contribution in [0.3, 0.4) is 0 Å².